The maximum Gasteiger partial charge on any atom is 4.00 e. The average molecular weight is 447 g/mol. The quantitative estimate of drug-likeness (QED) is 0.272. The summed E-state index contributed by atoms with van der Waals surface area (Å²) in [7, 11) is 0. The molecule has 0 saturated carbocycles. The molecule has 0 radical (unpaired) electrons. The molecule has 5 rings (SSSR count). The monoisotopic (exact) mass is 446 g/mol. The number of fused-ring (bicyclic) bond motifs is 8. The van der Waals surface area contributed by atoms with Crippen molar-refractivity contribution in [3.05, 3.63) is 84.1 Å². The summed E-state index contributed by atoms with van der Waals surface area (Å²) in [6.45, 7) is 8.29. The van der Waals surface area contributed by atoms with Crippen LogP contribution in [0.2, 0.25) is 0 Å². The Labute approximate surface area is 195 Å². The van der Waals surface area contributed by atoms with Gasteiger partial charge in [-0.1, -0.05) is 24.3 Å². The van der Waals surface area contributed by atoms with Crippen LogP contribution in [0.5, 0.6) is 0 Å². The van der Waals surface area contributed by atoms with Crippen LogP contribution >= 0.6 is 0 Å². The summed E-state index contributed by atoms with van der Waals surface area (Å²) in [5.41, 5.74) is 11.9. The Morgan fingerprint density at radius 3 is 0.935 bits per heavy atom. The van der Waals surface area contributed by atoms with Gasteiger partial charge in [0.1, 0.15) is 0 Å². The fourth-order valence-electron chi connectivity index (χ4n) is 3.64. The second-order valence-corrected chi connectivity index (χ2v) is 7.36. The van der Waals surface area contributed by atoms with Crippen LogP contribution in [0.15, 0.2) is 24.3 Å². The van der Waals surface area contributed by atoms with Gasteiger partial charge in [0.2, 0.25) is 0 Å². The van der Waals surface area contributed by atoms with E-state index in [0.29, 0.717) is 0 Å². The minimum Gasteiger partial charge on any atom is -0.657 e. The molecule has 156 valence electrons. The fraction of sp³-hybridized carbons (Fsp3) is 0.154. The van der Waals surface area contributed by atoms with E-state index in [1.807, 2.05) is 0 Å². The number of hydrogen-bond acceptors (Lipinski definition) is 2. The molecule has 2 aliphatic heterocycles. The van der Waals surface area contributed by atoms with E-state index in [2.05, 4.69) is 76.3 Å². The van der Waals surface area contributed by atoms with E-state index in [1.54, 1.807) is 0 Å². The smallest absolute Gasteiger partial charge is 0.657 e. The Morgan fingerprint density at radius 1 is 0.484 bits per heavy atom. The Balaban J connectivity index is 0.00000114. The molecule has 0 unspecified atom stereocenters. The normalized spacial score (nSPS) is 11.5. The first-order valence-corrected chi connectivity index (χ1v) is 9.43. The molecule has 5 heterocycles. The van der Waals surface area contributed by atoms with Crippen molar-refractivity contribution in [2.45, 2.75) is 27.7 Å². The summed E-state index contributed by atoms with van der Waals surface area (Å²) >= 11 is 0. The molecule has 31 heavy (non-hydrogen) atoms. The third-order valence-corrected chi connectivity index (χ3v) is 5.63. The number of aromatic nitrogens is 4. The molecule has 3 aromatic rings. The van der Waals surface area contributed by atoms with Crippen LogP contribution in [-0.2, 0) is 17.4 Å². The van der Waals surface area contributed by atoms with Gasteiger partial charge in [-0.2, -0.15) is 0 Å². The summed E-state index contributed by atoms with van der Waals surface area (Å²) in [6, 6.07) is 8.23. The van der Waals surface area contributed by atoms with Crippen molar-refractivity contribution >= 4 is 46.4 Å². The van der Waals surface area contributed by atoms with Crippen molar-refractivity contribution in [2.24, 2.45) is 0 Å². The fourth-order valence-corrected chi connectivity index (χ4v) is 3.64. The zero-order valence-electron chi connectivity index (χ0n) is 18.8. The molecule has 0 amide bonds. The topological polar surface area (TPSA) is 54.0 Å². The van der Waals surface area contributed by atoms with Gasteiger partial charge in [0.05, 0.1) is 22.8 Å². The van der Waals surface area contributed by atoms with Crippen LogP contribution in [0.25, 0.3) is 46.4 Å². The van der Waals surface area contributed by atoms with Gasteiger partial charge in [-0.3, -0.25) is 0 Å². The molecule has 0 spiro atoms. The van der Waals surface area contributed by atoms with E-state index in [0.717, 1.165) is 67.1 Å². The standard InChI is InChI=1S/C24H20N4.2CH3.Cr/c1-13-17-5-7-19(25-17)14(2)21-9-11-23(27-21)16(4)24-12-10-22(28-24)15(3)20-8-6-18(13)26-20;;;/h5-12H,1-4H3;2*1H3;/q-2;2*-1;+4. The Bertz CT molecular complexity index is 1150. The Hall–Kier alpha value is -2.87. The van der Waals surface area contributed by atoms with Gasteiger partial charge in [0.15, 0.2) is 0 Å². The van der Waals surface area contributed by atoms with Gasteiger partial charge in [-0.25, -0.2) is 9.97 Å². The van der Waals surface area contributed by atoms with Gasteiger partial charge in [0.25, 0.3) is 0 Å². The largest absolute Gasteiger partial charge is 4.00 e. The van der Waals surface area contributed by atoms with Crippen LogP contribution in [0.3, 0.4) is 0 Å². The SMILES string of the molecule is Cc1c2nc(c(C)c3ccc([n-]3)c(C)c3nc(c(C)c4ccc1[n-]4)C=C3)C=C2.[CH3-].[CH3-].[Cr+4]. The second kappa shape index (κ2) is 9.10. The molecule has 0 fully saturated rings. The first-order valence-electron chi connectivity index (χ1n) is 9.43. The Morgan fingerprint density at radius 2 is 0.710 bits per heavy atom. The summed E-state index contributed by atoms with van der Waals surface area (Å²) < 4.78 is 0. The molecule has 0 aromatic carbocycles. The van der Waals surface area contributed by atoms with Crippen molar-refractivity contribution in [1.29, 1.82) is 0 Å². The molecule has 0 aliphatic carbocycles. The molecular weight excluding hydrogens is 420 g/mol. The van der Waals surface area contributed by atoms with E-state index in [4.69, 9.17) is 19.9 Å². The number of hydrogen-bond donors (Lipinski definition) is 0. The molecule has 0 N–H and O–H groups in total. The van der Waals surface area contributed by atoms with E-state index in [-0.39, 0.29) is 32.2 Å². The molecule has 0 atom stereocenters. The summed E-state index contributed by atoms with van der Waals surface area (Å²) in [5.74, 6) is 0. The van der Waals surface area contributed by atoms with Crippen molar-refractivity contribution < 1.29 is 17.4 Å². The first kappa shape index (κ1) is 24.4. The van der Waals surface area contributed by atoms with Gasteiger partial charge in [-0.15, -0.1) is 22.1 Å². The summed E-state index contributed by atoms with van der Waals surface area (Å²) in [5, 5.41) is 0. The van der Waals surface area contributed by atoms with Crippen LogP contribution in [0, 0.1) is 42.5 Å². The van der Waals surface area contributed by atoms with E-state index >= 15 is 0 Å². The number of rotatable bonds is 0. The van der Waals surface area contributed by atoms with Gasteiger partial charge in [0, 0.05) is 0 Å². The van der Waals surface area contributed by atoms with Crippen LogP contribution in [0.1, 0.15) is 45.0 Å². The minimum atomic E-state index is 0. The van der Waals surface area contributed by atoms with Crippen molar-refractivity contribution in [3.8, 4) is 0 Å². The second-order valence-electron chi connectivity index (χ2n) is 7.36. The van der Waals surface area contributed by atoms with Gasteiger partial charge < -0.3 is 24.8 Å². The van der Waals surface area contributed by atoms with Gasteiger partial charge >= 0.3 is 17.4 Å². The summed E-state index contributed by atoms with van der Waals surface area (Å²) in [4.78, 5) is 19.4. The Kier molecular flexibility index (Phi) is 7.16. The predicted molar refractivity (Wildman–Crippen MR) is 129 cm³/mol. The van der Waals surface area contributed by atoms with Crippen molar-refractivity contribution in [2.75, 3.05) is 0 Å². The van der Waals surface area contributed by atoms with Crippen LogP contribution in [-0.4, -0.2) is 9.97 Å². The predicted octanol–water partition coefficient (Wildman–Crippen LogP) is 6.05. The van der Waals surface area contributed by atoms with E-state index < -0.39 is 0 Å². The zero-order chi connectivity index (χ0) is 19.4. The first-order chi connectivity index (χ1) is 13.5. The van der Waals surface area contributed by atoms with E-state index in [1.165, 1.54) is 0 Å². The average Bonchev–Trinajstić information content (AvgIpc) is 3.49. The molecule has 5 heteroatoms. The molecular formula is C26H26CrN4. The third-order valence-electron chi connectivity index (χ3n) is 5.63. The maximum absolute atomic E-state index is 4.84. The minimum absolute atomic E-state index is 0. The molecule has 3 aromatic heterocycles. The number of nitrogens with zero attached hydrogens (tertiary/aromatic N) is 4. The zero-order valence-corrected chi connectivity index (χ0v) is 20.1. The molecule has 8 bridgehead atoms. The van der Waals surface area contributed by atoms with Crippen molar-refractivity contribution in [3.63, 3.8) is 0 Å². The van der Waals surface area contributed by atoms with Gasteiger partial charge in [-0.05, 0) is 74.3 Å². The molecule has 0 saturated heterocycles. The molecule has 2 aliphatic rings. The van der Waals surface area contributed by atoms with Crippen LogP contribution in [0.4, 0.5) is 0 Å². The van der Waals surface area contributed by atoms with E-state index in [9.17, 15) is 0 Å². The molecule has 4 nitrogen and oxygen atoms in total. The van der Waals surface area contributed by atoms with Crippen molar-refractivity contribution in [1.82, 2.24) is 19.9 Å². The summed E-state index contributed by atoms with van der Waals surface area (Å²) in [6.07, 6.45) is 8.23. The van der Waals surface area contributed by atoms with Crippen LogP contribution < -0.4 is 9.97 Å². The third kappa shape index (κ3) is 4.04. The number of aryl methyl sites for hydroxylation is 4. The maximum atomic E-state index is 4.84.